The number of nitrogens with two attached hydrogens (primary N) is 1. The van der Waals surface area contributed by atoms with Crippen LogP contribution in [0.25, 0.3) is 0 Å². The summed E-state index contributed by atoms with van der Waals surface area (Å²) in [5.74, 6) is -0.449. The van der Waals surface area contributed by atoms with Gasteiger partial charge in [-0.1, -0.05) is 6.07 Å². The molecule has 1 aromatic carbocycles. The Kier molecular flexibility index (Phi) is 4.12. The lowest BCUT2D eigenvalue weighted by atomic mass is 10.2. The van der Waals surface area contributed by atoms with E-state index < -0.39 is 15.8 Å². The van der Waals surface area contributed by atoms with Gasteiger partial charge in [-0.25, -0.2) is 12.8 Å². The van der Waals surface area contributed by atoms with Gasteiger partial charge in [0.2, 0.25) is 0 Å². The van der Waals surface area contributed by atoms with Crippen LogP contribution in [0.1, 0.15) is 15.3 Å². The number of anilines is 1. The Morgan fingerprint density at radius 3 is 2.55 bits per heavy atom. The summed E-state index contributed by atoms with van der Waals surface area (Å²) in [5.41, 5.74) is 6.17. The van der Waals surface area contributed by atoms with Gasteiger partial charge in [0.1, 0.15) is 10.7 Å². The first kappa shape index (κ1) is 15.0. The van der Waals surface area contributed by atoms with Crippen molar-refractivity contribution >= 4 is 27.0 Å². The SMILES string of the molecule is Cc1ccc(NS(=O)(=O)c2cc(CN)sc2C)cc1F. The molecule has 3 N–H and O–H groups in total. The zero-order valence-corrected chi connectivity index (χ0v) is 12.7. The minimum Gasteiger partial charge on any atom is -0.326 e. The highest BCUT2D eigenvalue weighted by molar-refractivity contribution is 7.93. The minimum atomic E-state index is -3.72. The normalized spacial score (nSPS) is 11.6. The Bertz CT molecular complexity index is 739. The van der Waals surface area contributed by atoms with Crippen molar-refractivity contribution in [3.63, 3.8) is 0 Å². The molecule has 0 aliphatic carbocycles. The first-order chi connectivity index (χ1) is 9.33. The summed E-state index contributed by atoms with van der Waals surface area (Å²) >= 11 is 1.34. The van der Waals surface area contributed by atoms with Gasteiger partial charge in [-0.15, -0.1) is 11.3 Å². The lowest BCUT2D eigenvalue weighted by Gasteiger charge is -2.08. The van der Waals surface area contributed by atoms with Crippen molar-refractivity contribution in [2.45, 2.75) is 25.3 Å². The first-order valence-electron chi connectivity index (χ1n) is 5.92. The molecule has 0 aliphatic heterocycles. The van der Waals surface area contributed by atoms with E-state index in [1.165, 1.54) is 29.5 Å². The zero-order valence-electron chi connectivity index (χ0n) is 11.1. The van der Waals surface area contributed by atoms with E-state index in [4.69, 9.17) is 5.73 Å². The van der Waals surface area contributed by atoms with Crippen LogP contribution in [0.3, 0.4) is 0 Å². The molecule has 0 spiro atoms. The molecule has 0 saturated carbocycles. The Morgan fingerprint density at radius 1 is 1.30 bits per heavy atom. The molecular formula is C13H15FN2O2S2. The number of thiophene rings is 1. The molecule has 2 aromatic rings. The van der Waals surface area contributed by atoms with Crippen LogP contribution < -0.4 is 10.5 Å². The third kappa shape index (κ3) is 3.00. The highest BCUT2D eigenvalue weighted by Crippen LogP contribution is 2.27. The lowest BCUT2D eigenvalue weighted by Crippen LogP contribution is -2.13. The minimum absolute atomic E-state index is 0.184. The number of hydrogen-bond acceptors (Lipinski definition) is 4. The third-order valence-electron chi connectivity index (χ3n) is 2.84. The van der Waals surface area contributed by atoms with E-state index >= 15 is 0 Å². The number of hydrogen-bond donors (Lipinski definition) is 2. The molecule has 0 unspecified atom stereocenters. The molecule has 1 aromatic heterocycles. The molecule has 0 saturated heterocycles. The summed E-state index contributed by atoms with van der Waals surface area (Å²) in [5, 5.41) is 0. The van der Waals surface area contributed by atoms with Gasteiger partial charge < -0.3 is 5.73 Å². The quantitative estimate of drug-likeness (QED) is 0.911. The molecule has 0 atom stereocenters. The number of halogens is 1. The summed E-state index contributed by atoms with van der Waals surface area (Å²) in [7, 11) is -3.72. The Hall–Kier alpha value is -1.44. The van der Waals surface area contributed by atoms with Crippen LogP contribution in [-0.4, -0.2) is 8.42 Å². The van der Waals surface area contributed by atoms with E-state index in [2.05, 4.69) is 4.72 Å². The molecule has 2 rings (SSSR count). The molecule has 1 heterocycles. The highest BCUT2D eigenvalue weighted by Gasteiger charge is 2.20. The van der Waals surface area contributed by atoms with Crippen molar-refractivity contribution in [3.05, 3.63) is 45.4 Å². The van der Waals surface area contributed by atoms with Crippen LogP contribution >= 0.6 is 11.3 Å². The Morgan fingerprint density at radius 2 is 2.00 bits per heavy atom. The maximum Gasteiger partial charge on any atom is 0.263 e. The maximum absolute atomic E-state index is 13.4. The van der Waals surface area contributed by atoms with E-state index in [0.29, 0.717) is 17.0 Å². The van der Waals surface area contributed by atoms with Crippen LogP contribution in [-0.2, 0) is 16.6 Å². The summed E-state index contributed by atoms with van der Waals surface area (Å²) in [6.07, 6.45) is 0. The summed E-state index contributed by atoms with van der Waals surface area (Å²) in [6.45, 7) is 3.62. The van der Waals surface area contributed by atoms with Gasteiger partial charge in [-0.3, -0.25) is 4.72 Å². The number of aryl methyl sites for hydroxylation is 2. The van der Waals surface area contributed by atoms with Crippen molar-refractivity contribution in [1.29, 1.82) is 0 Å². The van der Waals surface area contributed by atoms with Crippen LogP contribution in [0.15, 0.2) is 29.2 Å². The van der Waals surface area contributed by atoms with Crippen molar-refractivity contribution in [3.8, 4) is 0 Å². The third-order valence-corrected chi connectivity index (χ3v) is 5.55. The van der Waals surface area contributed by atoms with Gasteiger partial charge in [0, 0.05) is 16.3 Å². The van der Waals surface area contributed by atoms with Crippen molar-refractivity contribution < 1.29 is 12.8 Å². The molecule has 108 valence electrons. The van der Waals surface area contributed by atoms with Gasteiger partial charge in [0.25, 0.3) is 10.0 Å². The van der Waals surface area contributed by atoms with Crippen molar-refractivity contribution in [1.82, 2.24) is 0 Å². The molecule has 0 fully saturated rings. The summed E-state index contributed by atoms with van der Waals surface area (Å²) < 4.78 is 40.4. The van der Waals surface area contributed by atoms with Crippen LogP contribution in [0.2, 0.25) is 0 Å². The van der Waals surface area contributed by atoms with Gasteiger partial charge in [-0.2, -0.15) is 0 Å². The van der Waals surface area contributed by atoms with Gasteiger partial charge in [-0.05, 0) is 37.6 Å². The largest absolute Gasteiger partial charge is 0.326 e. The second-order valence-electron chi connectivity index (χ2n) is 4.41. The Labute approximate surface area is 121 Å². The van der Waals surface area contributed by atoms with Gasteiger partial charge in [0.15, 0.2) is 0 Å². The highest BCUT2D eigenvalue weighted by atomic mass is 32.2. The zero-order chi connectivity index (χ0) is 14.9. The maximum atomic E-state index is 13.4. The van der Waals surface area contributed by atoms with E-state index in [-0.39, 0.29) is 10.6 Å². The number of nitrogens with one attached hydrogen (secondary N) is 1. The predicted octanol–water partition coefficient (Wildman–Crippen LogP) is 2.76. The van der Waals surface area contributed by atoms with Crippen molar-refractivity contribution in [2.75, 3.05) is 4.72 Å². The van der Waals surface area contributed by atoms with E-state index in [0.717, 1.165) is 4.88 Å². The Balaban J connectivity index is 2.35. The number of sulfonamides is 1. The van der Waals surface area contributed by atoms with E-state index in [1.54, 1.807) is 19.9 Å². The molecule has 0 aliphatic rings. The van der Waals surface area contributed by atoms with Crippen LogP contribution in [0.5, 0.6) is 0 Å². The standard InChI is InChI=1S/C13H15FN2O2S2/c1-8-3-4-10(5-12(8)14)16-20(17,18)13-6-11(7-15)19-9(13)2/h3-6,16H,7,15H2,1-2H3. The fourth-order valence-corrected chi connectivity index (χ4v) is 4.32. The average molecular weight is 314 g/mol. The van der Waals surface area contributed by atoms with E-state index in [9.17, 15) is 12.8 Å². The fraction of sp³-hybridized carbons (Fsp3) is 0.231. The topological polar surface area (TPSA) is 72.2 Å². The van der Waals surface area contributed by atoms with Crippen molar-refractivity contribution in [2.24, 2.45) is 5.73 Å². The number of benzene rings is 1. The van der Waals surface area contributed by atoms with Gasteiger partial charge >= 0.3 is 0 Å². The monoisotopic (exact) mass is 314 g/mol. The summed E-state index contributed by atoms with van der Waals surface area (Å²) in [4.78, 5) is 1.63. The summed E-state index contributed by atoms with van der Waals surface area (Å²) in [6, 6.07) is 5.77. The molecule has 0 bridgehead atoms. The van der Waals surface area contributed by atoms with Crippen LogP contribution in [0.4, 0.5) is 10.1 Å². The first-order valence-corrected chi connectivity index (χ1v) is 8.22. The molecule has 20 heavy (non-hydrogen) atoms. The molecule has 4 nitrogen and oxygen atoms in total. The molecular weight excluding hydrogens is 299 g/mol. The second kappa shape index (κ2) is 5.51. The molecule has 0 radical (unpaired) electrons. The second-order valence-corrected chi connectivity index (χ2v) is 7.40. The number of rotatable bonds is 4. The smallest absolute Gasteiger partial charge is 0.263 e. The molecule has 0 amide bonds. The average Bonchev–Trinajstić information content (AvgIpc) is 2.76. The van der Waals surface area contributed by atoms with Crippen LogP contribution in [0, 0.1) is 19.7 Å². The van der Waals surface area contributed by atoms with Gasteiger partial charge in [0.05, 0.1) is 5.69 Å². The fourth-order valence-electron chi connectivity index (χ4n) is 1.76. The molecule has 7 heteroatoms. The van der Waals surface area contributed by atoms with E-state index in [1.807, 2.05) is 0 Å². The lowest BCUT2D eigenvalue weighted by molar-refractivity contribution is 0.600. The predicted molar refractivity (Wildman–Crippen MR) is 78.9 cm³/mol.